The van der Waals surface area contributed by atoms with E-state index in [1.54, 1.807) is 6.07 Å². The summed E-state index contributed by atoms with van der Waals surface area (Å²) in [6, 6.07) is 9.25. The molecule has 0 N–H and O–H groups in total. The van der Waals surface area contributed by atoms with Gasteiger partial charge in [0.25, 0.3) is 5.69 Å². The second kappa shape index (κ2) is 5.33. The van der Waals surface area contributed by atoms with Gasteiger partial charge in [-0.05, 0) is 32.8 Å². The van der Waals surface area contributed by atoms with Gasteiger partial charge < -0.3 is 4.57 Å². The van der Waals surface area contributed by atoms with Crippen molar-refractivity contribution in [1.82, 2.24) is 4.57 Å². The zero-order chi connectivity index (χ0) is 14.8. The highest BCUT2D eigenvalue weighted by atomic mass is 16.6. The molecule has 0 amide bonds. The molecule has 5 nitrogen and oxygen atoms in total. The van der Waals surface area contributed by atoms with Crippen molar-refractivity contribution in [3.63, 3.8) is 0 Å². The fraction of sp³-hybridized carbons (Fsp3) is 0.400. The van der Waals surface area contributed by atoms with Crippen molar-refractivity contribution >= 4 is 16.6 Å². The quantitative estimate of drug-likeness (QED) is 0.612. The number of rotatable bonds is 5. The molecule has 0 unspecified atom stereocenters. The molecule has 5 heteroatoms. The molecular weight excluding hydrogens is 254 g/mol. The fourth-order valence-electron chi connectivity index (χ4n) is 2.32. The Bertz CT molecular complexity index is 680. The smallest absolute Gasteiger partial charge is 0.293 e. The summed E-state index contributed by atoms with van der Waals surface area (Å²) in [5.41, 5.74) is 0.439. The van der Waals surface area contributed by atoms with E-state index in [4.69, 9.17) is 5.26 Å². The first-order chi connectivity index (χ1) is 9.44. The van der Waals surface area contributed by atoms with Gasteiger partial charge in [0.2, 0.25) is 0 Å². The van der Waals surface area contributed by atoms with Crippen molar-refractivity contribution in [2.24, 2.45) is 5.41 Å². The molecule has 0 radical (unpaired) electrons. The lowest BCUT2D eigenvalue weighted by atomic mass is 9.90. The summed E-state index contributed by atoms with van der Waals surface area (Å²) in [4.78, 5) is 10.7. The Morgan fingerprint density at radius 3 is 2.80 bits per heavy atom. The lowest BCUT2D eigenvalue weighted by Gasteiger charge is -2.15. The molecule has 0 bridgehead atoms. The molecule has 1 aromatic heterocycles. The molecule has 0 saturated heterocycles. The molecule has 0 fully saturated rings. The molecule has 0 aliphatic carbocycles. The normalized spacial score (nSPS) is 11.4. The summed E-state index contributed by atoms with van der Waals surface area (Å²) in [5.74, 6) is 0. The minimum absolute atomic E-state index is 0.132. The molecule has 0 aliphatic rings. The van der Waals surface area contributed by atoms with Gasteiger partial charge in [0.05, 0.1) is 16.4 Å². The van der Waals surface area contributed by atoms with Gasteiger partial charge in [-0.1, -0.05) is 12.1 Å². The van der Waals surface area contributed by atoms with Crippen LogP contribution in [0.5, 0.6) is 0 Å². The minimum atomic E-state index is -0.352. The fourth-order valence-corrected chi connectivity index (χ4v) is 2.32. The molecule has 20 heavy (non-hydrogen) atoms. The molecule has 1 aromatic carbocycles. The van der Waals surface area contributed by atoms with Crippen LogP contribution in [-0.4, -0.2) is 9.49 Å². The van der Waals surface area contributed by atoms with Crippen LogP contribution in [0, 0.1) is 26.9 Å². The monoisotopic (exact) mass is 271 g/mol. The molecule has 2 rings (SSSR count). The predicted molar refractivity (Wildman–Crippen MR) is 77.2 cm³/mol. The lowest BCUT2D eigenvalue weighted by Crippen LogP contribution is -2.09. The molecule has 0 spiro atoms. The highest BCUT2D eigenvalue weighted by Crippen LogP contribution is 2.28. The van der Waals surface area contributed by atoms with Crippen LogP contribution < -0.4 is 0 Å². The third-order valence-corrected chi connectivity index (χ3v) is 3.47. The number of benzene rings is 1. The number of nitriles is 1. The highest BCUT2D eigenvalue weighted by molar-refractivity contribution is 5.88. The van der Waals surface area contributed by atoms with Gasteiger partial charge in [0.15, 0.2) is 0 Å². The van der Waals surface area contributed by atoms with Crippen LogP contribution in [0.15, 0.2) is 30.5 Å². The number of nitrogens with zero attached hydrogens (tertiary/aromatic N) is 3. The first kappa shape index (κ1) is 14.1. The van der Waals surface area contributed by atoms with Crippen LogP contribution in [0.1, 0.15) is 26.7 Å². The Morgan fingerprint density at radius 1 is 1.40 bits per heavy atom. The van der Waals surface area contributed by atoms with Crippen LogP contribution in [0.2, 0.25) is 0 Å². The summed E-state index contributed by atoms with van der Waals surface area (Å²) < 4.78 is 1.90. The van der Waals surface area contributed by atoms with E-state index in [1.165, 1.54) is 6.07 Å². The van der Waals surface area contributed by atoms with Gasteiger partial charge >= 0.3 is 0 Å². The Labute approximate surface area is 117 Å². The maximum Gasteiger partial charge on any atom is 0.293 e. The largest absolute Gasteiger partial charge is 0.342 e. The number of nitro benzene ring substituents is 1. The number of hydrogen-bond donors (Lipinski definition) is 0. The Morgan fingerprint density at radius 2 is 2.15 bits per heavy atom. The van der Waals surface area contributed by atoms with E-state index in [9.17, 15) is 10.1 Å². The minimum Gasteiger partial charge on any atom is -0.342 e. The van der Waals surface area contributed by atoms with Gasteiger partial charge in [-0.2, -0.15) is 5.26 Å². The number of hydrogen-bond acceptors (Lipinski definition) is 3. The Hall–Kier alpha value is -2.35. The number of fused-ring (bicyclic) bond motifs is 1. The average Bonchev–Trinajstić information content (AvgIpc) is 2.82. The molecule has 104 valence electrons. The average molecular weight is 271 g/mol. The summed E-state index contributed by atoms with van der Waals surface area (Å²) in [6.45, 7) is 4.49. The molecular formula is C15H17N3O2. The number of non-ortho nitro benzene ring substituents is 1. The summed E-state index contributed by atoms with van der Waals surface area (Å²) in [7, 11) is 0. The van der Waals surface area contributed by atoms with Crippen LogP contribution in [0.25, 0.3) is 10.9 Å². The molecule has 0 atom stereocenters. The summed E-state index contributed by atoms with van der Waals surface area (Å²) in [6.07, 6.45) is 3.46. The first-order valence-electron chi connectivity index (χ1n) is 6.58. The van der Waals surface area contributed by atoms with E-state index in [0.29, 0.717) is 12.1 Å². The van der Waals surface area contributed by atoms with Crippen molar-refractivity contribution in [3.05, 3.63) is 40.6 Å². The summed E-state index contributed by atoms with van der Waals surface area (Å²) >= 11 is 0. The molecule has 0 saturated carbocycles. The van der Waals surface area contributed by atoms with Gasteiger partial charge in [-0.15, -0.1) is 0 Å². The third kappa shape index (κ3) is 2.80. The zero-order valence-corrected chi connectivity index (χ0v) is 11.7. The first-order valence-corrected chi connectivity index (χ1v) is 6.58. The van der Waals surface area contributed by atoms with Crippen molar-refractivity contribution < 1.29 is 4.92 Å². The van der Waals surface area contributed by atoms with Gasteiger partial charge in [-0.25, -0.2) is 0 Å². The second-order valence-corrected chi connectivity index (χ2v) is 5.58. The van der Waals surface area contributed by atoms with E-state index in [1.807, 2.05) is 36.7 Å². The van der Waals surface area contributed by atoms with Crippen LogP contribution in [0.4, 0.5) is 5.69 Å². The lowest BCUT2D eigenvalue weighted by molar-refractivity contribution is -0.383. The number of para-hydroxylation sites is 1. The van der Waals surface area contributed by atoms with Crippen LogP contribution in [-0.2, 0) is 6.54 Å². The van der Waals surface area contributed by atoms with Crippen LogP contribution >= 0.6 is 0 Å². The number of aromatic nitrogens is 1. The second-order valence-electron chi connectivity index (χ2n) is 5.58. The van der Waals surface area contributed by atoms with Crippen molar-refractivity contribution in [1.29, 1.82) is 5.26 Å². The van der Waals surface area contributed by atoms with Gasteiger partial charge in [-0.3, -0.25) is 10.1 Å². The maximum absolute atomic E-state index is 11.1. The van der Waals surface area contributed by atoms with E-state index >= 15 is 0 Å². The molecule has 0 aliphatic heterocycles. The SMILES string of the molecule is CC(C)(C#N)CCCn1ccc2cccc([N+](=O)[O-])c21. The van der Waals surface area contributed by atoms with Gasteiger partial charge in [0.1, 0.15) is 5.52 Å². The van der Waals surface area contributed by atoms with Crippen molar-refractivity contribution in [2.45, 2.75) is 33.2 Å². The third-order valence-electron chi connectivity index (χ3n) is 3.47. The topological polar surface area (TPSA) is 71.9 Å². The van der Waals surface area contributed by atoms with E-state index in [0.717, 1.165) is 18.2 Å². The van der Waals surface area contributed by atoms with E-state index in [2.05, 4.69) is 6.07 Å². The van der Waals surface area contributed by atoms with E-state index in [-0.39, 0.29) is 16.0 Å². The van der Waals surface area contributed by atoms with Crippen molar-refractivity contribution in [3.8, 4) is 6.07 Å². The standard InChI is InChI=1S/C15H17N3O2/c1-15(2,11-16)8-4-9-17-10-7-12-5-3-6-13(14(12)17)18(19)20/h3,5-7,10H,4,8-9H2,1-2H3. The molecule has 1 heterocycles. The zero-order valence-electron chi connectivity index (χ0n) is 11.7. The highest BCUT2D eigenvalue weighted by Gasteiger charge is 2.18. The Kier molecular flexibility index (Phi) is 3.75. The molecule has 2 aromatic rings. The van der Waals surface area contributed by atoms with Gasteiger partial charge in [0, 0.05) is 24.2 Å². The van der Waals surface area contributed by atoms with Crippen LogP contribution in [0.3, 0.4) is 0 Å². The number of aryl methyl sites for hydroxylation is 1. The summed E-state index contributed by atoms with van der Waals surface area (Å²) in [5, 5.41) is 21.0. The Balaban J connectivity index is 2.23. The predicted octanol–water partition coefficient (Wildman–Crippen LogP) is 3.88. The maximum atomic E-state index is 11.1. The van der Waals surface area contributed by atoms with E-state index < -0.39 is 0 Å². The van der Waals surface area contributed by atoms with Crippen molar-refractivity contribution in [2.75, 3.05) is 0 Å². The number of nitro groups is 1.